The highest BCUT2D eigenvalue weighted by Crippen LogP contribution is 2.10. The quantitative estimate of drug-likeness (QED) is 0.664. The largest absolute Gasteiger partial charge is 0.269 e. The van der Waals surface area contributed by atoms with Gasteiger partial charge in [-0.1, -0.05) is 22.0 Å². The zero-order valence-corrected chi connectivity index (χ0v) is 13.8. The lowest BCUT2D eigenvalue weighted by atomic mass is 10.2. The number of amides is 2. The first kappa shape index (κ1) is 15.8. The molecule has 0 saturated carbocycles. The smallest absolute Gasteiger partial charge is 0.267 e. The van der Waals surface area contributed by atoms with Crippen molar-refractivity contribution < 1.29 is 9.59 Å². The minimum atomic E-state index is -0.449. The van der Waals surface area contributed by atoms with E-state index in [9.17, 15) is 9.59 Å². The Bertz CT molecular complexity index is 864. The summed E-state index contributed by atoms with van der Waals surface area (Å²) in [5.74, 6) is -0.858. The molecule has 2 aromatic carbocycles. The van der Waals surface area contributed by atoms with E-state index in [-0.39, 0.29) is 0 Å². The summed E-state index contributed by atoms with van der Waals surface area (Å²) in [6.45, 7) is 0. The summed E-state index contributed by atoms with van der Waals surface area (Å²) < 4.78 is 2.29. The standard InChI is InChI=1S/C15H11BrN6O2/c16-12-6-4-10(5-7-12)14(23)18-19-15(24)11-2-1-3-13(8-11)22-9-17-20-21-22/h1-9H,(H,18,23)(H,19,24). The third-order valence-electron chi connectivity index (χ3n) is 3.12. The van der Waals surface area contributed by atoms with E-state index < -0.39 is 11.8 Å². The summed E-state index contributed by atoms with van der Waals surface area (Å²) in [4.78, 5) is 24.1. The van der Waals surface area contributed by atoms with Crippen molar-refractivity contribution in [3.8, 4) is 5.69 Å². The second-order valence-corrected chi connectivity index (χ2v) is 5.64. The Hall–Kier alpha value is -3.07. The van der Waals surface area contributed by atoms with E-state index in [2.05, 4.69) is 42.3 Å². The van der Waals surface area contributed by atoms with Gasteiger partial charge in [0, 0.05) is 15.6 Å². The van der Waals surface area contributed by atoms with Gasteiger partial charge in [-0.25, -0.2) is 4.68 Å². The first-order valence-electron chi connectivity index (χ1n) is 6.83. The average Bonchev–Trinajstić information content (AvgIpc) is 3.15. The molecular weight excluding hydrogens is 376 g/mol. The van der Waals surface area contributed by atoms with Crippen LogP contribution in [0.5, 0.6) is 0 Å². The fourth-order valence-electron chi connectivity index (χ4n) is 1.93. The summed E-state index contributed by atoms with van der Waals surface area (Å²) in [5, 5.41) is 10.8. The third kappa shape index (κ3) is 3.63. The summed E-state index contributed by atoms with van der Waals surface area (Å²) in [6, 6.07) is 13.5. The fourth-order valence-corrected chi connectivity index (χ4v) is 2.19. The van der Waals surface area contributed by atoms with Gasteiger partial charge in [-0.2, -0.15) is 0 Å². The summed E-state index contributed by atoms with van der Waals surface area (Å²) in [6.07, 6.45) is 1.42. The Labute approximate surface area is 145 Å². The predicted octanol–water partition coefficient (Wildman–Crippen LogP) is 1.50. The third-order valence-corrected chi connectivity index (χ3v) is 3.65. The normalized spacial score (nSPS) is 10.2. The van der Waals surface area contributed by atoms with Crippen LogP contribution in [0.2, 0.25) is 0 Å². The second-order valence-electron chi connectivity index (χ2n) is 4.72. The number of aromatic nitrogens is 4. The minimum Gasteiger partial charge on any atom is -0.267 e. The number of hydrogen-bond donors (Lipinski definition) is 2. The van der Waals surface area contributed by atoms with Crippen LogP contribution in [0.3, 0.4) is 0 Å². The molecule has 3 aromatic rings. The first-order valence-corrected chi connectivity index (χ1v) is 7.62. The lowest BCUT2D eigenvalue weighted by Gasteiger charge is -2.08. The highest BCUT2D eigenvalue weighted by Gasteiger charge is 2.10. The molecule has 2 N–H and O–H groups in total. The number of nitrogens with zero attached hydrogens (tertiary/aromatic N) is 4. The lowest BCUT2D eigenvalue weighted by molar-refractivity contribution is 0.0846. The van der Waals surface area contributed by atoms with Crippen LogP contribution in [0.1, 0.15) is 20.7 Å². The van der Waals surface area contributed by atoms with E-state index in [0.29, 0.717) is 16.8 Å². The molecule has 0 fully saturated rings. The van der Waals surface area contributed by atoms with Gasteiger partial charge < -0.3 is 0 Å². The molecule has 8 nitrogen and oxygen atoms in total. The van der Waals surface area contributed by atoms with Crippen molar-refractivity contribution in [2.24, 2.45) is 0 Å². The topological polar surface area (TPSA) is 102 Å². The van der Waals surface area contributed by atoms with Gasteiger partial charge in [-0.3, -0.25) is 20.4 Å². The van der Waals surface area contributed by atoms with Gasteiger partial charge in [0.05, 0.1) is 5.69 Å². The maximum atomic E-state index is 12.2. The van der Waals surface area contributed by atoms with Crippen LogP contribution in [-0.4, -0.2) is 32.0 Å². The molecule has 2 amide bonds. The lowest BCUT2D eigenvalue weighted by Crippen LogP contribution is -2.41. The second kappa shape index (κ2) is 7.01. The van der Waals surface area contributed by atoms with E-state index in [1.807, 2.05) is 0 Å². The highest BCUT2D eigenvalue weighted by molar-refractivity contribution is 9.10. The monoisotopic (exact) mass is 386 g/mol. The van der Waals surface area contributed by atoms with E-state index in [4.69, 9.17) is 0 Å². The average molecular weight is 387 g/mol. The fraction of sp³-hybridized carbons (Fsp3) is 0. The molecule has 24 heavy (non-hydrogen) atoms. The maximum Gasteiger partial charge on any atom is 0.269 e. The Morgan fingerprint density at radius 3 is 2.33 bits per heavy atom. The summed E-state index contributed by atoms with van der Waals surface area (Å²) >= 11 is 3.29. The van der Waals surface area contributed by atoms with Crippen LogP contribution in [-0.2, 0) is 0 Å². The summed E-state index contributed by atoms with van der Waals surface area (Å²) in [7, 11) is 0. The molecule has 0 bridgehead atoms. The van der Waals surface area contributed by atoms with E-state index in [1.165, 1.54) is 11.0 Å². The molecule has 3 rings (SSSR count). The SMILES string of the molecule is O=C(NNC(=O)c1cccc(-n2cnnn2)c1)c1ccc(Br)cc1. The Kier molecular flexibility index (Phi) is 4.62. The molecule has 0 atom stereocenters. The highest BCUT2D eigenvalue weighted by atomic mass is 79.9. The number of carbonyl (C=O) groups is 2. The zero-order chi connectivity index (χ0) is 16.9. The van der Waals surface area contributed by atoms with Crippen LogP contribution >= 0.6 is 15.9 Å². The van der Waals surface area contributed by atoms with Crippen LogP contribution in [0.15, 0.2) is 59.3 Å². The van der Waals surface area contributed by atoms with Crippen LogP contribution in [0, 0.1) is 0 Å². The van der Waals surface area contributed by atoms with Gasteiger partial charge in [-0.15, -0.1) is 5.10 Å². The molecular formula is C15H11BrN6O2. The van der Waals surface area contributed by atoms with Crippen LogP contribution < -0.4 is 10.9 Å². The Morgan fingerprint density at radius 1 is 0.958 bits per heavy atom. The zero-order valence-electron chi connectivity index (χ0n) is 12.2. The van der Waals surface area contributed by atoms with Crippen molar-refractivity contribution >= 4 is 27.7 Å². The van der Waals surface area contributed by atoms with Crippen molar-refractivity contribution in [2.45, 2.75) is 0 Å². The number of nitrogens with one attached hydrogen (secondary N) is 2. The van der Waals surface area contributed by atoms with Crippen LogP contribution in [0.25, 0.3) is 5.69 Å². The maximum absolute atomic E-state index is 12.2. The van der Waals surface area contributed by atoms with Crippen molar-refractivity contribution in [1.29, 1.82) is 0 Å². The molecule has 0 aliphatic carbocycles. The van der Waals surface area contributed by atoms with Crippen molar-refractivity contribution in [3.63, 3.8) is 0 Å². The number of hydrogen-bond acceptors (Lipinski definition) is 5. The van der Waals surface area contributed by atoms with Gasteiger partial charge in [0.15, 0.2) is 0 Å². The summed E-state index contributed by atoms with van der Waals surface area (Å²) in [5.41, 5.74) is 6.17. The minimum absolute atomic E-state index is 0.360. The first-order chi connectivity index (χ1) is 11.6. The molecule has 9 heteroatoms. The molecule has 0 aliphatic rings. The molecule has 1 heterocycles. The Balaban J connectivity index is 1.66. The Morgan fingerprint density at radius 2 is 1.67 bits per heavy atom. The molecule has 0 saturated heterocycles. The molecule has 1 aromatic heterocycles. The molecule has 0 radical (unpaired) electrons. The number of carbonyl (C=O) groups excluding carboxylic acids is 2. The number of tetrazole rings is 1. The van der Waals surface area contributed by atoms with Crippen molar-refractivity contribution in [2.75, 3.05) is 0 Å². The molecule has 0 unspecified atom stereocenters. The molecule has 0 spiro atoms. The number of rotatable bonds is 3. The number of halogens is 1. The number of hydrazine groups is 1. The van der Waals surface area contributed by atoms with E-state index in [0.717, 1.165) is 4.47 Å². The van der Waals surface area contributed by atoms with Gasteiger partial charge in [0.2, 0.25) is 0 Å². The number of benzene rings is 2. The van der Waals surface area contributed by atoms with Crippen molar-refractivity contribution in [1.82, 2.24) is 31.1 Å². The van der Waals surface area contributed by atoms with E-state index in [1.54, 1.807) is 48.5 Å². The predicted molar refractivity (Wildman–Crippen MR) is 88.2 cm³/mol. The molecule has 120 valence electrons. The van der Waals surface area contributed by atoms with Crippen LogP contribution in [0.4, 0.5) is 0 Å². The van der Waals surface area contributed by atoms with Crippen molar-refractivity contribution in [3.05, 3.63) is 70.5 Å². The van der Waals surface area contributed by atoms with Gasteiger partial charge in [-0.05, 0) is 52.9 Å². The van der Waals surface area contributed by atoms with E-state index >= 15 is 0 Å². The van der Waals surface area contributed by atoms with Gasteiger partial charge in [0.1, 0.15) is 6.33 Å². The van der Waals surface area contributed by atoms with Gasteiger partial charge in [0.25, 0.3) is 11.8 Å². The molecule has 0 aliphatic heterocycles. The van der Waals surface area contributed by atoms with Gasteiger partial charge >= 0.3 is 0 Å².